The minimum atomic E-state index is -0.463. The van der Waals surface area contributed by atoms with E-state index in [0.29, 0.717) is 6.61 Å². The molecule has 0 aliphatic carbocycles. The number of para-hydroxylation sites is 1. The van der Waals surface area contributed by atoms with Crippen LogP contribution >= 0.6 is 0 Å². The molecule has 16 heavy (non-hydrogen) atoms. The number of hydrogen-bond acceptors (Lipinski definition) is 2. The van der Waals surface area contributed by atoms with E-state index >= 15 is 0 Å². The monoisotopic (exact) mass is 221 g/mol. The minimum absolute atomic E-state index is 0.0847. The van der Waals surface area contributed by atoms with Crippen molar-refractivity contribution in [2.45, 2.75) is 32.6 Å². The Morgan fingerprint density at radius 2 is 2.12 bits per heavy atom. The van der Waals surface area contributed by atoms with E-state index in [1.54, 1.807) is 6.07 Å². The van der Waals surface area contributed by atoms with Gasteiger partial charge in [0, 0.05) is 0 Å². The highest BCUT2D eigenvalue weighted by Crippen LogP contribution is 2.22. The number of halogens is 1. The van der Waals surface area contributed by atoms with E-state index in [0.717, 1.165) is 25.7 Å². The lowest BCUT2D eigenvalue weighted by Gasteiger charge is -2.08. The third-order valence-corrected chi connectivity index (χ3v) is 2.33. The molecule has 0 unspecified atom stereocenters. The van der Waals surface area contributed by atoms with Gasteiger partial charge in [-0.05, 0) is 18.6 Å². The van der Waals surface area contributed by atoms with Gasteiger partial charge in [0.1, 0.15) is 6.07 Å². The molecule has 0 radical (unpaired) electrons. The molecule has 0 bridgehead atoms. The van der Waals surface area contributed by atoms with Crippen LogP contribution in [0.15, 0.2) is 18.2 Å². The molecular weight excluding hydrogens is 205 g/mol. The number of unbranched alkanes of at least 4 members (excludes halogenated alkanes) is 3. The molecule has 86 valence electrons. The predicted octanol–water partition coefficient (Wildman–Crippen LogP) is 3.66. The zero-order chi connectivity index (χ0) is 11.8. The fourth-order valence-corrected chi connectivity index (χ4v) is 1.45. The first-order chi connectivity index (χ1) is 7.79. The van der Waals surface area contributed by atoms with Crippen LogP contribution in [0.25, 0.3) is 0 Å². The Kier molecular flexibility index (Phi) is 5.35. The van der Waals surface area contributed by atoms with Crippen molar-refractivity contribution < 1.29 is 9.13 Å². The summed E-state index contributed by atoms with van der Waals surface area (Å²) in [6.07, 6.45) is 4.29. The number of nitrogens with zero attached hydrogens (tertiary/aromatic N) is 1. The van der Waals surface area contributed by atoms with Gasteiger partial charge in [0.15, 0.2) is 11.6 Å². The highest BCUT2D eigenvalue weighted by atomic mass is 19.1. The van der Waals surface area contributed by atoms with Crippen LogP contribution in [0.2, 0.25) is 0 Å². The van der Waals surface area contributed by atoms with E-state index < -0.39 is 5.82 Å². The van der Waals surface area contributed by atoms with Gasteiger partial charge in [-0.25, -0.2) is 4.39 Å². The molecule has 1 rings (SSSR count). The van der Waals surface area contributed by atoms with Crippen molar-refractivity contribution in [3.05, 3.63) is 29.6 Å². The Morgan fingerprint density at radius 1 is 1.31 bits per heavy atom. The molecule has 0 aliphatic heterocycles. The molecule has 0 saturated carbocycles. The SMILES string of the molecule is CCCCCCOc1c(F)cccc1C#N. The standard InChI is InChI=1S/C13H16FNO/c1-2-3-4-5-9-16-13-11(10-15)7-6-8-12(13)14/h6-8H,2-5,9H2,1H3. The smallest absolute Gasteiger partial charge is 0.172 e. The fraction of sp³-hybridized carbons (Fsp3) is 0.462. The highest BCUT2D eigenvalue weighted by Gasteiger charge is 2.08. The molecule has 0 aromatic heterocycles. The molecular formula is C13H16FNO. The van der Waals surface area contributed by atoms with Crippen LogP contribution in [-0.2, 0) is 0 Å². The first-order valence-corrected chi connectivity index (χ1v) is 5.61. The Balaban J connectivity index is 2.50. The van der Waals surface area contributed by atoms with Crippen molar-refractivity contribution in [3.63, 3.8) is 0 Å². The third-order valence-electron chi connectivity index (χ3n) is 2.33. The molecule has 1 aromatic carbocycles. The van der Waals surface area contributed by atoms with Crippen LogP contribution in [0.1, 0.15) is 38.2 Å². The molecule has 3 heteroatoms. The van der Waals surface area contributed by atoms with Crippen LogP contribution in [-0.4, -0.2) is 6.61 Å². The van der Waals surface area contributed by atoms with Crippen molar-refractivity contribution in [1.29, 1.82) is 5.26 Å². The summed E-state index contributed by atoms with van der Waals surface area (Å²) in [5.41, 5.74) is 0.260. The Labute approximate surface area is 95.7 Å². The largest absolute Gasteiger partial charge is 0.489 e. The van der Waals surface area contributed by atoms with E-state index in [1.807, 2.05) is 6.07 Å². The summed E-state index contributed by atoms with van der Waals surface area (Å²) in [6, 6.07) is 6.30. The molecule has 0 N–H and O–H groups in total. The van der Waals surface area contributed by atoms with Crippen LogP contribution in [0.4, 0.5) is 4.39 Å². The topological polar surface area (TPSA) is 33.0 Å². The van der Waals surface area contributed by atoms with E-state index in [-0.39, 0.29) is 11.3 Å². The van der Waals surface area contributed by atoms with Gasteiger partial charge in [0.05, 0.1) is 12.2 Å². The van der Waals surface area contributed by atoms with E-state index in [1.165, 1.54) is 12.1 Å². The first kappa shape index (κ1) is 12.5. The second-order valence-electron chi connectivity index (χ2n) is 3.64. The summed E-state index contributed by atoms with van der Waals surface area (Å²) in [5.74, 6) is -0.379. The molecule has 0 amide bonds. The Bertz CT molecular complexity index is 371. The average molecular weight is 221 g/mol. The van der Waals surface area contributed by atoms with Crippen LogP contribution in [0.3, 0.4) is 0 Å². The zero-order valence-electron chi connectivity index (χ0n) is 9.50. The van der Waals surface area contributed by atoms with Gasteiger partial charge in [0.2, 0.25) is 0 Å². The van der Waals surface area contributed by atoms with Crippen molar-refractivity contribution in [2.24, 2.45) is 0 Å². The minimum Gasteiger partial charge on any atom is -0.489 e. The summed E-state index contributed by atoms with van der Waals surface area (Å²) in [7, 11) is 0. The lowest BCUT2D eigenvalue weighted by atomic mass is 10.2. The van der Waals surface area contributed by atoms with Gasteiger partial charge in [-0.1, -0.05) is 32.3 Å². The molecule has 0 saturated heterocycles. The number of nitriles is 1. The molecule has 2 nitrogen and oxygen atoms in total. The Morgan fingerprint density at radius 3 is 2.81 bits per heavy atom. The summed E-state index contributed by atoms with van der Waals surface area (Å²) in [6.45, 7) is 2.60. The van der Waals surface area contributed by atoms with Gasteiger partial charge in [-0.15, -0.1) is 0 Å². The van der Waals surface area contributed by atoms with Gasteiger partial charge in [0.25, 0.3) is 0 Å². The first-order valence-electron chi connectivity index (χ1n) is 5.61. The quantitative estimate of drug-likeness (QED) is 0.687. The molecule has 1 aromatic rings. The number of ether oxygens (including phenoxy) is 1. The Hall–Kier alpha value is -1.56. The van der Waals surface area contributed by atoms with Crippen LogP contribution in [0.5, 0.6) is 5.75 Å². The third kappa shape index (κ3) is 3.54. The predicted molar refractivity (Wildman–Crippen MR) is 60.8 cm³/mol. The normalized spacial score (nSPS) is 9.81. The average Bonchev–Trinajstić information content (AvgIpc) is 2.30. The zero-order valence-corrected chi connectivity index (χ0v) is 9.50. The second kappa shape index (κ2) is 6.84. The van der Waals surface area contributed by atoms with Gasteiger partial charge in [-0.3, -0.25) is 0 Å². The van der Waals surface area contributed by atoms with Crippen molar-refractivity contribution in [1.82, 2.24) is 0 Å². The van der Waals surface area contributed by atoms with Gasteiger partial charge >= 0.3 is 0 Å². The molecule has 0 aliphatic rings. The molecule has 0 spiro atoms. The number of rotatable bonds is 6. The number of benzene rings is 1. The summed E-state index contributed by atoms with van der Waals surface area (Å²) in [4.78, 5) is 0. The maximum atomic E-state index is 13.3. The van der Waals surface area contributed by atoms with Crippen molar-refractivity contribution in [3.8, 4) is 11.8 Å². The summed E-state index contributed by atoms with van der Waals surface area (Å²) < 4.78 is 18.6. The van der Waals surface area contributed by atoms with Gasteiger partial charge in [-0.2, -0.15) is 5.26 Å². The highest BCUT2D eigenvalue weighted by molar-refractivity contribution is 5.43. The molecule has 0 heterocycles. The number of hydrogen-bond donors (Lipinski definition) is 0. The van der Waals surface area contributed by atoms with Gasteiger partial charge < -0.3 is 4.74 Å². The molecule has 0 atom stereocenters. The maximum absolute atomic E-state index is 13.3. The van der Waals surface area contributed by atoms with E-state index in [9.17, 15) is 4.39 Å². The van der Waals surface area contributed by atoms with Crippen molar-refractivity contribution >= 4 is 0 Å². The summed E-state index contributed by atoms with van der Waals surface area (Å²) in [5, 5.41) is 8.79. The van der Waals surface area contributed by atoms with E-state index in [4.69, 9.17) is 10.00 Å². The summed E-state index contributed by atoms with van der Waals surface area (Å²) >= 11 is 0. The van der Waals surface area contributed by atoms with Crippen LogP contribution < -0.4 is 4.74 Å². The fourth-order valence-electron chi connectivity index (χ4n) is 1.45. The van der Waals surface area contributed by atoms with Crippen molar-refractivity contribution in [2.75, 3.05) is 6.61 Å². The van der Waals surface area contributed by atoms with Crippen LogP contribution in [0, 0.1) is 17.1 Å². The molecule has 0 fully saturated rings. The second-order valence-corrected chi connectivity index (χ2v) is 3.64. The maximum Gasteiger partial charge on any atom is 0.172 e. The lowest BCUT2D eigenvalue weighted by Crippen LogP contribution is -2.01. The van der Waals surface area contributed by atoms with E-state index in [2.05, 4.69) is 6.92 Å². The lowest BCUT2D eigenvalue weighted by molar-refractivity contribution is 0.289.